The van der Waals surface area contributed by atoms with Gasteiger partial charge >= 0.3 is 0 Å². The smallest absolute Gasteiger partial charge is 0.280 e. The predicted molar refractivity (Wildman–Crippen MR) is 71.2 cm³/mol. The van der Waals surface area contributed by atoms with Crippen molar-refractivity contribution in [2.24, 2.45) is 5.73 Å². The maximum absolute atomic E-state index is 12.3. The fraction of sp³-hybridized carbons (Fsp3) is 1.00. The van der Waals surface area contributed by atoms with Crippen molar-refractivity contribution in [3.05, 3.63) is 0 Å². The molecular formula is C10H21N3O2S2. The summed E-state index contributed by atoms with van der Waals surface area (Å²) in [5, 5.41) is 0. The van der Waals surface area contributed by atoms with Gasteiger partial charge in [-0.05, 0) is 25.0 Å². The number of hydrogen-bond donors (Lipinski definition) is 2. The Morgan fingerprint density at radius 1 is 1.35 bits per heavy atom. The lowest BCUT2D eigenvalue weighted by Crippen LogP contribution is -2.53. The zero-order valence-corrected chi connectivity index (χ0v) is 11.6. The Morgan fingerprint density at radius 3 is 2.82 bits per heavy atom. The maximum Gasteiger partial charge on any atom is 0.280 e. The van der Waals surface area contributed by atoms with Gasteiger partial charge in [-0.1, -0.05) is 6.42 Å². The normalized spacial score (nSPS) is 31.8. The van der Waals surface area contributed by atoms with Crippen LogP contribution < -0.4 is 10.5 Å². The zero-order chi connectivity index (χ0) is 12.3. The van der Waals surface area contributed by atoms with Crippen molar-refractivity contribution in [3.8, 4) is 0 Å². The lowest BCUT2D eigenvalue weighted by atomic mass is 10.1. The van der Waals surface area contributed by atoms with Gasteiger partial charge in [-0.3, -0.25) is 0 Å². The minimum atomic E-state index is -3.34. The molecule has 2 saturated heterocycles. The molecule has 2 aliphatic heterocycles. The quantitative estimate of drug-likeness (QED) is 0.767. The van der Waals surface area contributed by atoms with Gasteiger partial charge in [0.25, 0.3) is 10.2 Å². The zero-order valence-electron chi connectivity index (χ0n) is 9.97. The molecule has 0 spiro atoms. The Hall–Kier alpha value is 0.180. The monoisotopic (exact) mass is 279 g/mol. The van der Waals surface area contributed by atoms with Crippen LogP contribution in [0.3, 0.4) is 0 Å². The maximum atomic E-state index is 12.3. The van der Waals surface area contributed by atoms with Crippen molar-refractivity contribution in [3.63, 3.8) is 0 Å². The van der Waals surface area contributed by atoms with Crippen LogP contribution in [0.4, 0.5) is 0 Å². The highest BCUT2D eigenvalue weighted by molar-refractivity contribution is 7.99. The molecular weight excluding hydrogens is 258 g/mol. The Balaban J connectivity index is 2.01. The molecule has 7 heteroatoms. The van der Waals surface area contributed by atoms with E-state index >= 15 is 0 Å². The van der Waals surface area contributed by atoms with Gasteiger partial charge in [-0.25, -0.2) is 0 Å². The highest BCUT2D eigenvalue weighted by Gasteiger charge is 2.33. The second kappa shape index (κ2) is 5.88. The van der Waals surface area contributed by atoms with Crippen LogP contribution in [0.2, 0.25) is 0 Å². The van der Waals surface area contributed by atoms with Crippen LogP contribution in [-0.4, -0.2) is 49.4 Å². The molecule has 0 radical (unpaired) electrons. The van der Waals surface area contributed by atoms with E-state index in [2.05, 4.69) is 4.72 Å². The third kappa shape index (κ3) is 3.35. The fourth-order valence-corrected chi connectivity index (χ4v) is 5.40. The topological polar surface area (TPSA) is 75.4 Å². The van der Waals surface area contributed by atoms with Crippen molar-refractivity contribution in [2.75, 3.05) is 24.6 Å². The van der Waals surface area contributed by atoms with Crippen molar-refractivity contribution in [1.82, 2.24) is 9.03 Å². The number of nitrogens with zero attached hydrogens (tertiary/aromatic N) is 1. The molecule has 2 unspecified atom stereocenters. The van der Waals surface area contributed by atoms with Gasteiger partial charge in [0.15, 0.2) is 0 Å². The van der Waals surface area contributed by atoms with Crippen LogP contribution in [0.5, 0.6) is 0 Å². The minimum absolute atomic E-state index is 0.0182. The molecule has 2 heterocycles. The van der Waals surface area contributed by atoms with E-state index in [1.54, 1.807) is 16.1 Å². The molecule has 0 amide bonds. The number of thioether (sulfide) groups is 1. The molecule has 0 aromatic carbocycles. The van der Waals surface area contributed by atoms with Crippen LogP contribution in [0.25, 0.3) is 0 Å². The molecule has 0 aromatic heterocycles. The standard InChI is InChI=1S/C10H21N3O2S2/c11-7-10-3-1-2-5-13(10)17(14,15)12-9-4-6-16-8-9/h9-10,12H,1-8,11H2. The van der Waals surface area contributed by atoms with Crippen molar-refractivity contribution in [1.29, 1.82) is 0 Å². The van der Waals surface area contributed by atoms with Gasteiger partial charge in [0.2, 0.25) is 0 Å². The first-order chi connectivity index (χ1) is 8.13. The average Bonchev–Trinajstić information content (AvgIpc) is 2.81. The van der Waals surface area contributed by atoms with E-state index in [0.717, 1.165) is 37.2 Å². The van der Waals surface area contributed by atoms with E-state index in [4.69, 9.17) is 5.73 Å². The summed E-state index contributed by atoms with van der Waals surface area (Å²) in [6.07, 6.45) is 3.84. The Kier molecular flexibility index (Phi) is 4.71. The van der Waals surface area contributed by atoms with Crippen molar-refractivity contribution >= 4 is 22.0 Å². The third-order valence-electron chi connectivity index (χ3n) is 3.40. The Morgan fingerprint density at radius 2 is 2.18 bits per heavy atom. The first-order valence-corrected chi connectivity index (χ1v) is 8.80. The molecule has 0 aromatic rings. The lowest BCUT2D eigenvalue weighted by molar-refractivity contribution is 0.253. The summed E-state index contributed by atoms with van der Waals surface area (Å²) in [6, 6.07) is 0.0839. The molecule has 2 fully saturated rings. The van der Waals surface area contributed by atoms with Crippen molar-refractivity contribution in [2.45, 2.75) is 37.8 Å². The fourth-order valence-electron chi connectivity index (χ4n) is 2.43. The van der Waals surface area contributed by atoms with Gasteiger partial charge in [0.1, 0.15) is 0 Å². The van der Waals surface area contributed by atoms with Gasteiger partial charge in [0.05, 0.1) is 0 Å². The molecule has 2 aliphatic rings. The summed E-state index contributed by atoms with van der Waals surface area (Å²) in [5.41, 5.74) is 5.66. The lowest BCUT2D eigenvalue weighted by Gasteiger charge is -2.34. The molecule has 0 bridgehead atoms. The molecule has 3 N–H and O–H groups in total. The molecule has 0 aliphatic carbocycles. The summed E-state index contributed by atoms with van der Waals surface area (Å²) >= 11 is 1.81. The number of nitrogens with one attached hydrogen (secondary N) is 1. The van der Waals surface area contributed by atoms with E-state index in [0.29, 0.717) is 13.1 Å². The highest BCUT2D eigenvalue weighted by atomic mass is 32.2. The average molecular weight is 279 g/mol. The van der Waals surface area contributed by atoms with E-state index < -0.39 is 10.2 Å². The van der Waals surface area contributed by atoms with Crippen LogP contribution in [0.15, 0.2) is 0 Å². The highest BCUT2D eigenvalue weighted by Crippen LogP contribution is 2.22. The van der Waals surface area contributed by atoms with Gasteiger partial charge in [0, 0.05) is 30.9 Å². The number of hydrogen-bond acceptors (Lipinski definition) is 4. The molecule has 17 heavy (non-hydrogen) atoms. The summed E-state index contributed by atoms with van der Waals surface area (Å²) < 4.78 is 28.9. The summed E-state index contributed by atoms with van der Waals surface area (Å²) in [4.78, 5) is 0. The van der Waals surface area contributed by atoms with Gasteiger partial charge < -0.3 is 5.73 Å². The van der Waals surface area contributed by atoms with Crippen LogP contribution >= 0.6 is 11.8 Å². The predicted octanol–water partition coefficient (Wildman–Crippen LogP) is 0.139. The Bertz CT molecular complexity index is 341. The summed E-state index contributed by atoms with van der Waals surface area (Å²) in [5.74, 6) is 1.94. The summed E-state index contributed by atoms with van der Waals surface area (Å²) in [7, 11) is -3.34. The SMILES string of the molecule is NCC1CCCCN1S(=O)(=O)NC1CCSC1. The van der Waals surface area contributed by atoms with E-state index in [-0.39, 0.29) is 12.1 Å². The number of piperidine rings is 1. The summed E-state index contributed by atoms with van der Waals surface area (Å²) in [6.45, 7) is 1.03. The van der Waals surface area contributed by atoms with Gasteiger partial charge in [-0.2, -0.15) is 29.2 Å². The molecule has 5 nitrogen and oxygen atoms in total. The third-order valence-corrected chi connectivity index (χ3v) is 6.29. The largest absolute Gasteiger partial charge is 0.329 e. The molecule has 2 rings (SSSR count). The second-order valence-electron chi connectivity index (χ2n) is 4.68. The van der Waals surface area contributed by atoms with E-state index in [9.17, 15) is 8.42 Å². The first-order valence-electron chi connectivity index (χ1n) is 6.20. The first kappa shape index (κ1) is 13.6. The van der Waals surface area contributed by atoms with Crippen molar-refractivity contribution < 1.29 is 8.42 Å². The second-order valence-corrected chi connectivity index (χ2v) is 7.48. The molecule has 0 saturated carbocycles. The van der Waals surface area contributed by atoms with E-state index in [1.807, 2.05) is 0 Å². The number of rotatable bonds is 4. The number of nitrogens with two attached hydrogens (primary N) is 1. The Labute approximate surface area is 108 Å². The molecule has 2 atom stereocenters. The van der Waals surface area contributed by atoms with Crippen LogP contribution in [-0.2, 0) is 10.2 Å². The minimum Gasteiger partial charge on any atom is -0.329 e. The van der Waals surface area contributed by atoms with Gasteiger partial charge in [-0.15, -0.1) is 0 Å². The van der Waals surface area contributed by atoms with Crippen LogP contribution in [0.1, 0.15) is 25.7 Å². The van der Waals surface area contributed by atoms with Crippen LogP contribution in [0, 0.1) is 0 Å². The van der Waals surface area contributed by atoms with E-state index in [1.165, 1.54) is 0 Å². The molecule has 100 valence electrons.